The van der Waals surface area contributed by atoms with Crippen LogP contribution in [0.1, 0.15) is 16.6 Å². The van der Waals surface area contributed by atoms with Gasteiger partial charge in [-0.25, -0.2) is 4.79 Å². The molecule has 2 N–H and O–H groups in total. The summed E-state index contributed by atoms with van der Waals surface area (Å²) >= 11 is 3.40. The monoisotopic (exact) mass is 272 g/mol. The van der Waals surface area contributed by atoms with E-state index < -0.39 is 0 Å². The normalized spacial score (nSPS) is 20.4. The number of hydrogen-bond donors (Lipinski definition) is 1. The van der Waals surface area contributed by atoms with Crippen molar-refractivity contribution in [1.82, 2.24) is 0 Å². The van der Waals surface area contributed by atoms with E-state index in [2.05, 4.69) is 11.8 Å². The largest absolute Gasteiger partial charge is 0.465 e. The third-order valence-corrected chi connectivity index (χ3v) is 5.00. The first kappa shape index (κ1) is 12.6. The highest BCUT2D eigenvalue weighted by atomic mass is 32.2. The van der Waals surface area contributed by atoms with E-state index in [0.717, 1.165) is 23.8 Å². The Morgan fingerprint density at radius 2 is 2.41 bits per heavy atom. The first-order chi connectivity index (χ1) is 8.11. The van der Waals surface area contributed by atoms with E-state index in [4.69, 9.17) is 10.5 Å². The first-order valence-corrected chi connectivity index (χ1v) is 7.32. The van der Waals surface area contributed by atoms with Crippen LogP contribution in [0.15, 0.2) is 6.07 Å². The zero-order valence-corrected chi connectivity index (χ0v) is 11.6. The average molecular weight is 272 g/mol. The minimum absolute atomic E-state index is 0.349. The molecule has 1 fully saturated rings. The number of nitrogens with two attached hydrogens (primary N) is 1. The van der Waals surface area contributed by atoms with Crippen molar-refractivity contribution in [2.45, 2.75) is 12.2 Å². The van der Waals surface area contributed by atoms with Crippen LogP contribution in [0, 0.1) is 0 Å². The molecule has 0 amide bonds. The molecule has 0 aromatic carbocycles. The quantitative estimate of drug-likeness (QED) is 0.835. The number of rotatable bonds is 2. The maximum atomic E-state index is 11.5. The van der Waals surface area contributed by atoms with Crippen molar-refractivity contribution in [2.24, 2.45) is 0 Å². The van der Waals surface area contributed by atoms with E-state index >= 15 is 0 Å². The number of thiophene rings is 1. The molecule has 0 radical (unpaired) electrons. The highest BCUT2D eigenvalue weighted by Crippen LogP contribution is 2.34. The molecule has 0 aliphatic carbocycles. The van der Waals surface area contributed by atoms with Crippen molar-refractivity contribution in [1.29, 1.82) is 0 Å². The average Bonchev–Trinajstić information content (AvgIpc) is 2.70. The Balaban J connectivity index is 2.19. The number of hydrogen-bond acceptors (Lipinski definition) is 6. The Morgan fingerprint density at radius 3 is 3.06 bits per heavy atom. The van der Waals surface area contributed by atoms with Crippen molar-refractivity contribution in [3.05, 3.63) is 10.9 Å². The van der Waals surface area contributed by atoms with Gasteiger partial charge in [0.05, 0.1) is 17.8 Å². The number of carbonyl (C=O) groups is 1. The molecule has 1 atom stereocenters. The second kappa shape index (κ2) is 5.18. The van der Waals surface area contributed by atoms with Crippen LogP contribution in [-0.2, 0) is 4.74 Å². The number of nitrogens with zero attached hydrogens (tertiary/aromatic N) is 1. The van der Waals surface area contributed by atoms with Crippen LogP contribution >= 0.6 is 23.1 Å². The second-order valence-electron chi connectivity index (χ2n) is 3.99. The molecule has 1 aromatic rings. The zero-order chi connectivity index (χ0) is 12.4. The van der Waals surface area contributed by atoms with Crippen molar-refractivity contribution in [2.75, 3.05) is 36.6 Å². The van der Waals surface area contributed by atoms with Crippen LogP contribution in [0.2, 0.25) is 0 Å². The summed E-state index contributed by atoms with van der Waals surface area (Å²) in [5.41, 5.74) is 6.35. The molecule has 1 aliphatic heterocycles. The maximum Gasteiger partial charge on any atom is 0.350 e. The minimum Gasteiger partial charge on any atom is -0.465 e. The molecular formula is C11H16N2O2S2. The smallest absolute Gasteiger partial charge is 0.350 e. The Morgan fingerprint density at radius 1 is 1.65 bits per heavy atom. The number of carbonyl (C=O) groups excluding carboxylic acids is 1. The van der Waals surface area contributed by atoms with Gasteiger partial charge < -0.3 is 15.4 Å². The summed E-state index contributed by atoms with van der Waals surface area (Å²) in [5, 5.41) is 1.68. The molecule has 1 unspecified atom stereocenters. The highest BCUT2D eigenvalue weighted by Gasteiger charge is 2.22. The van der Waals surface area contributed by atoms with Gasteiger partial charge in [0, 0.05) is 24.1 Å². The highest BCUT2D eigenvalue weighted by molar-refractivity contribution is 8.00. The summed E-state index contributed by atoms with van der Waals surface area (Å²) in [4.78, 5) is 14.3. The van der Waals surface area contributed by atoms with Crippen LogP contribution in [-0.4, -0.2) is 37.2 Å². The molecule has 17 heavy (non-hydrogen) atoms. The fraction of sp³-hybridized carbons (Fsp3) is 0.545. The molecule has 2 rings (SSSR count). The van der Waals surface area contributed by atoms with Gasteiger partial charge in [0.2, 0.25) is 0 Å². The van der Waals surface area contributed by atoms with E-state index in [0.29, 0.717) is 15.8 Å². The van der Waals surface area contributed by atoms with Gasteiger partial charge >= 0.3 is 5.97 Å². The topological polar surface area (TPSA) is 55.6 Å². The molecule has 0 saturated carbocycles. The van der Waals surface area contributed by atoms with Crippen molar-refractivity contribution in [3.63, 3.8) is 0 Å². The number of anilines is 2. The summed E-state index contributed by atoms with van der Waals surface area (Å²) in [5.74, 6) is 0.769. The summed E-state index contributed by atoms with van der Waals surface area (Å²) < 4.78 is 4.71. The van der Waals surface area contributed by atoms with Gasteiger partial charge in [0.25, 0.3) is 0 Å². The number of nitrogen functional groups attached to an aromatic ring is 1. The van der Waals surface area contributed by atoms with Gasteiger partial charge in [0.1, 0.15) is 4.88 Å². The van der Waals surface area contributed by atoms with Crippen LogP contribution < -0.4 is 10.6 Å². The summed E-state index contributed by atoms with van der Waals surface area (Å²) in [6.07, 6.45) is 0. The van der Waals surface area contributed by atoms with Gasteiger partial charge in [-0.1, -0.05) is 6.92 Å². The molecule has 2 heterocycles. The van der Waals surface area contributed by atoms with E-state index in [-0.39, 0.29) is 5.97 Å². The summed E-state index contributed by atoms with van der Waals surface area (Å²) in [7, 11) is 1.38. The summed E-state index contributed by atoms with van der Waals surface area (Å²) in [6, 6.07) is 1.87. The standard InChI is InChI=1S/C11H16N2O2S2/c1-7-6-13(3-4-16-7)9-5-8(12)10(17-9)11(14)15-2/h5,7H,3-4,6,12H2,1-2H3. The van der Waals surface area contributed by atoms with Crippen LogP contribution in [0.3, 0.4) is 0 Å². The lowest BCUT2D eigenvalue weighted by atomic mass is 10.3. The van der Waals surface area contributed by atoms with Crippen LogP contribution in [0.25, 0.3) is 0 Å². The van der Waals surface area contributed by atoms with Crippen molar-refractivity contribution in [3.8, 4) is 0 Å². The third kappa shape index (κ3) is 2.69. The maximum absolute atomic E-state index is 11.5. The van der Waals surface area contributed by atoms with E-state index in [9.17, 15) is 4.79 Å². The third-order valence-electron chi connectivity index (χ3n) is 2.67. The number of esters is 1. The van der Waals surface area contributed by atoms with E-state index in [1.165, 1.54) is 18.4 Å². The van der Waals surface area contributed by atoms with Gasteiger partial charge in [0.15, 0.2) is 0 Å². The fourth-order valence-corrected chi connectivity index (χ4v) is 3.87. The predicted octanol–water partition coefficient (Wildman–Crippen LogP) is 2.06. The minimum atomic E-state index is -0.349. The molecule has 94 valence electrons. The number of thioether (sulfide) groups is 1. The lowest BCUT2D eigenvalue weighted by Crippen LogP contribution is -2.36. The van der Waals surface area contributed by atoms with Gasteiger partial charge in [-0.2, -0.15) is 11.8 Å². The van der Waals surface area contributed by atoms with Crippen LogP contribution in [0.4, 0.5) is 10.7 Å². The van der Waals surface area contributed by atoms with Crippen molar-refractivity contribution >= 4 is 39.8 Å². The lowest BCUT2D eigenvalue weighted by Gasteiger charge is -2.31. The van der Waals surface area contributed by atoms with E-state index in [1.54, 1.807) is 0 Å². The van der Waals surface area contributed by atoms with Crippen molar-refractivity contribution < 1.29 is 9.53 Å². The van der Waals surface area contributed by atoms with Gasteiger partial charge in [-0.05, 0) is 6.07 Å². The van der Waals surface area contributed by atoms with Crippen LogP contribution in [0.5, 0.6) is 0 Å². The molecular weight excluding hydrogens is 256 g/mol. The molecule has 1 aliphatic rings. The lowest BCUT2D eigenvalue weighted by molar-refractivity contribution is 0.0607. The fourth-order valence-electron chi connectivity index (χ4n) is 1.82. The molecule has 0 bridgehead atoms. The van der Waals surface area contributed by atoms with Gasteiger partial charge in [-0.3, -0.25) is 0 Å². The Hall–Kier alpha value is -0.880. The predicted molar refractivity (Wildman–Crippen MR) is 74.2 cm³/mol. The second-order valence-corrected chi connectivity index (χ2v) is 6.57. The number of methoxy groups -OCH3 is 1. The Kier molecular flexibility index (Phi) is 3.83. The zero-order valence-electron chi connectivity index (χ0n) is 9.93. The molecule has 1 aromatic heterocycles. The molecule has 4 nitrogen and oxygen atoms in total. The Bertz CT molecular complexity index is 420. The molecule has 1 saturated heterocycles. The van der Waals surface area contributed by atoms with E-state index in [1.807, 2.05) is 17.8 Å². The SMILES string of the molecule is COC(=O)c1sc(N2CCSC(C)C2)cc1N. The molecule has 6 heteroatoms. The van der Waals surface area contributed by atoms with Gasteiger partial charge in [-0.15, -0.1) is 11.3 Å². The Labute approximate surface area is 109 Å². The summed E-state index contributed by atoms with van der Waals surface area (Å²) in [6.45, 7) is 4.23. The first-order valence-electron chi connectivity index (χ1n) is 5.46. The molecule has 0 spiro atoms. The number of ether oxygens (including phenoxy) is 1.